The lowest BCUT2D eigenvalue weighted by Gasteiger charge is -2.13. The summed E-state index contributed by atoms with van der Waals surface area (Å²) in [5.41, 5.74) is 3.61. The Bertz CT molecular complexity index is 1170. The molecule has 33 heavy (non-hydrogen) atoms. The van der Waals surface area contributed by atoms with Gasteiger partial charge in [-0.2, -0.15) is 5.10 Å². The van der Waals surface area contributed by atoms with Gasteiger partial charge in [-0.1, -0.05) is 12.1 Å². The van der Waals surface area contributed by atoms with Crippen molar-refractivity contribution in [3.63, 3.8) is 0 Å². The number of nitrogens with one attached hydrogen (secondary N) is 1. The normalized spacial score (nSPS) is 10.5. The van der Waals surface area contributed by atoms with Gasteiger partial charge in [0.25, 0.3) is 5.91 Å². The van der Waals surface area contributed by atoms with E-state index in [1.54, 1.807) is 36.5 Å². The van der Waals surface area contributed by atoms with Crippen LogP contribution in [-0.4, -0.2) is 44.4 Å². The van der Waals surface area contributed by atoms with E-state index in [1.807, 2.05) is 0 Å². The van der Waals surface area contributed by atoms with Gasteiger partial charge in [0, 0.05) is 16.9 Å². The van der Waals surface area contributed by atoms with E-state index in [-0.39, 0.29) is 5.56 Å². The minimum Gasteiger partial charge on any atom is -0.493 e. The molecule has 0 fully saturated rings. The fourth-order valence-corrected chi connectivity index (χ4v) is 3.15. The third-order valence-corrected chi connectivity index (χ3v) is 4.75. The Morgan fingerprint density at radius 2 is 1.70 bits per heavy atom. The number of hydrazone groups is 1. The summed E-state index contributed by atoms with van der Waals surface area (Å²) in [5, 5.41) is 3.94. The standard InChI is InChI=1S/C23H20BrN3O6/c1-30-19-9-15(10-20(31-2)21(19)32-3)23(29)33-18-6-4-5-14(7-18)11-26-27-22(28)16-8-17(24)13-25-12-16/h4-13H,1-3H3,(H,27,28)/b26-11-. The second kappa shape index (κ2) is 11.1. The minimum atomic E-state index is -0.612. The molecule has 10 heteroatoms. The van der Waals surface area contributed by atoms with Gasteiger partial charge in [0.1, 0.15) is 5.75 Å². The van der Waals surface area contributed by atoms with Gasteiger partial charge in [0.15, 0.2) is 11.5 Å². The van der Waals surface area contributed by atoms with Crippen molar-refractivity contribution in [1.29, 1.82) is 0 Å². The monoisotopic (exact) mass is 513 g/mol. The lowest BCUT2D eigenvalue weighted by Crippen LogP contribution is -2.17. The minimum absolute atomic E-state index is 0.221. The summed E-state index contributed by atoms with van der Waals surface area (Å²) in [7, 11) is 4.39. The van der Waals surface area contributed by atoms with Gasteiger partial charge in [-0.3, -0.25) is 9.78 Å². The molecule has 0 bridgehead atoms. The van der Waals surface area contributed by atoms with Crippen LogP contribution in [0.1, 0.15) is 26.3 Å². The van der Waals surface area contributed by atoms with Gasteiger partial charge in [0.05, 0.1) is 38.7 Å². The summed E-state index contributed by atoms with van der Waals surface area (Å²) in [5.74, 6) is 0.307. The predicted octanol–water partition coefficient (Wildman–Crippen LogP) is 3.85. The molecule has 0 unspecified atom stereocenters. The van der Waals surface area contributed by atoms with Crippen LogP contribution in [0.3, 0.4) is 0 Å². The van der Waals surface area contributed by atoms with Gasteiger partial charge in [-0.15, -0.1) is 0 Å². The van der Waals surface area contributed by atoms with E-state index >= 15 is 0 Å². The number of amides is 1. The van der Waals surface area contributed by atoms with Gasteiger partial charge in [-0.25, -0.2) is 10.2 Å². The number of rotatable bonds is 8. The number of methoxy groups -OCH3 is 3. The molecule has 0 saturated heterocycles. The largest absolute Gasteiger partial charge is 0.493 e. The zero-order chi connectivity index (χ0) is 23.8. The van der Waals surface area contributed by atoms with Gasteiger partial charge in [0.2, 0.25) is 5.75 Å². The number of hydrogen-bond donors (Lipinski definition) is 1. The average Bonchev–Trinajstić information content (AvgIpc) is 2.83. The molecule has 1 aromatic heterocycles. The molecule has 0 aliphatic rings. The Morgan fingerprint density at radius 1 is 0.970 bits per heavy atom. The summed E-state index contributed by atoms with van der Waals surface area (Å²) in [4.78, 5) is 28.7. The van der Waals surface area contributed by atoms with Crippen LogP contribution in [0.5, 0.6) is 23.0 Å². The fraction of sp³-hybridized carbons (Fsp3) is 0.130. The van der Waals surface area contributed by atoms with Crippen molar-refractivity contribution in [3.8, 4) is 23.0 Å². The number of benzene rings is 2. The highest BCUT2D eigenvalue weighted by atomic mass is 79.9. The molecule has 0 spiro atoms. The molecule has 9 nitrogen and oxygen atoms in total. The molecular formula is C23H20BrN3O6. The Hall–Kier alpha value is -3.92. The van der Waals surface area contributed by atoms with Crippen molar-refractivity contribution < 1.29 is 28.5 Å². The van der Waals surface area contributed by atoms with Crippen LogP contribution in [0.4, 0.5) is 0 Å². The summed E-state index contributed by atoms with van der Waals surface area (Å²) < 4.78 is 22.0. The van der Waals surface area contributed by atoms with Crippen LogP contribution in [0.25, 0.3) is 0 Å². The molecule has 0 atom stereocenters. The van der Waals surface area contributed by atoms with Gasteiger partial charge in [-0.05, 0) is 51.8 Å². The maximum absolute atomic E-state index is 12.7. The molecule has 170 valence electrons. The third-order valence-electron chi connectivity index (χ3n) is 4.32. The molecular weight excluding hydrogens is 494 g/mol. The number of esters is 1. The van der Waals surface area contributed by atoms with E-state index in [9.17, 15) is 9.59 Å². The van der Waals surface area contributed by atoms with E-state index in [0.29, 0.717) is 38.6 Å². The highest BCUT2D eigenvalue weighted by Crippen LogP contribution is 2.38. The van der Waals surface area contributed by atoms with E-state index in [0.717, 1.165) is 0 Å². The number of ether oxygens (including phenoxy) is 4. The first-order valence-corrected chi connectivity index (χ1v) is 10.3. The molecule has 0 aliphatic heterocycles. The highest BCUT2D eigenvalue weighted by molar-refractivity contribution is 9.10. The topological polar surface area (TPSA) is 108 Å². The smallest absolute Gasteiger partial charge is 0.343 e. The maximum Gasteiger partial charge on any atom is 0.343 e. The number of halogens is 1. The number of carbonyl (C=O) groups excluding carboxylic acids is 2. The molecule has 1 N–H and O–H groups in total. The first-order valence-electron chi connectivity index (χ1n) is 9.51. The highest BCUT2D eigenvalue weighted by Gasteiger charge is 2.18. The van der Waals surface area contributed by atoms with Crippen molar-refractivity contribution >= 4 is 34.0 Å². The number of pyridine rings is 1. The van der Waals surface area contributed by atoms with Crippen LogP contribution in [0.15, 0.2) is 64.4 Å². The molecule has 3 rings (SSSR count). The molecule has 0 saturated carbocycles. The second-order valence-electron chi connectivity index (χ2n) is 6.47. The van der Waals surface area contributed by atoms with E-state index in [1.165, 1.54) is 45.9 Å². The van der Waals surface area contributed by atoms with E-state index in [4.69, 9.17) is 18.9 Å². The maximum atomic E-state index is 12.7. The molecule has 1 amide bonds. The van der Waals surface area contributed by atoms with Crippen LogP contribution in [0, 0.1) is 0 Å². The number of nitrogens with zero attached hydrogens (tertiary/aromatic N) is 2. The number of aromatic nitrogens is 1. The third kappa shape index (κ3) is 6.07. The van der Waals surface area contributed by atoms with Crippen molar-refractivity contribution in [2.24, 2.45) is 5.10 Å². The first-order chi connectivity index (χ1) is 15.9. The molecule has 0 radical (unpaired) electrons. The Labute approximate surface area is 198 Å². The van der Waals surface area contributed by atoms with Crippen molar-refractivity contribution in [1.82, 2.24) is 10.4 Å². The molecule has 2 aromatic carbocycles. The summed E-state index contributed by atoms with van der Waals surface area (Å²) in [6.07, 6.45) is 4.43. The predicted molar refractivity (Wildman–Crippen MR) is 124 cm³/mol. The SMILES string of the molecule is COc1cc(C(=O)Oc2cccc(/C=N\NC(=O)c3cncc(Br)c3)c2)cc(OC)c1OC. The molecule has 0 aliphatic carbocycles. The lowest BCUT2D eigenvalue weighted by atomic mass is 10.1. The summed E-state index contributed by atoms with van der Waals surface area (Å²) in [6.45, 7) is 0. The summed E-state index contributed by atoms with van der Waals surface area (Å²) in [6, 6.07) is 11.3. The Balaban J connectivity index is 1.70. The number of carbonyl (C=O) groups is 2. The zero-order valence-corrected chi connectivity index (χ0v) is 19.6. The van der Waals surface area contributed by atoms with Gasteiger partial charge < -0.3 is 18.9 Å². The van der Waals surface area contributed by atoms with E-state index < -0.39 is 11.9 Å². The van der Waals surface area contributed by atoms with Crippen molar-refractivity contribution in [2.45, 2.75) is 0 Å². The summed E-state index contributed by atoms with van der Waals surface area (Å²) >= 11 is 3.26. The Kier molecular flexibility index (Phi) is 7.98. The molecule has 1 heterocycles. The van der Waals surface area contributed by atoms with Crippen molar-refractivity contribution in [2.75, 3.05) is 21.3 Å². The van der Waals surface area contributed by atoms with E-state index in [2.05, 4.69) is 31.4 Å². The first kappa shape index (κ1) is 23.7. The van der Waals surface area contributed by atoms with Gasteiger partial charge >= 0.3 is 5.97 Å². The van der Waals surface area contributed by atoms with Crippen LogP contribution < -0.4 is 24.4 Å². The average molecular weight is 514 g/mol. The van der Waals surface area contributed by atoms with Crippen LogP contribution in [-0.2, 0) is 0 Å². The molecule has 3 aromatic rings. The van der Waals surface area contributed by atoms with Crippen LogP contribution in [0.2, 0.25) is 0 Å². The zero-order valence-electron chi connectivity index (χ0n) is 18.0. The lowest BCUT2D eigenvalue weighted by molar-refractivity contribution is 0.0733. The van der Waals surface area contributed by atoms with Crippen molar-refractivity contribution in [3.05, 3.63) is 76.0 Å². The Morgan fingerprint density at radius 3 is 2.33 bits per heavy atom. The fourth-order valence-electron chi connectivity index (χ4n) is 2.79. The second-order valence-corrected chi connectivity index (χ2v) is 7.38. The van der Waals surface area contributed by atoms with Crippen LogP contribution >= 0.6 is 15.9 Å². The quantitative estimate of drug-likeness (QED) is 0.211. The number of hydrogen-bond acceptors (Lipinski definition) is 8.